The molecule has 2 heterocycles. The molecule has 2 aromatic rings. The summed E-state index contributed by atoms with van der Waals surface area (Å²) in [5, 5.41) is 12.7. The molecule has 0 saturated heterocycles. The van der Waals surface area contributed by atoms with Gasteiger partial charge in [-0.25, -0.2) is 0 Å². The maximum atomic E-state index is 10.7. The number of rotatable bonds is 2. The molecule has 2 rings (SSSR count). The zero-order chi connectivity index (χ0) is 11.8. The summed E-state index contributed by atoms with van der Waals surface area (Å²) in [6, 6.07) is 3.95. The number of aromatic nitrogens is 1. The summed E-state index contributed by atoms with van der Waals surface area (Å²) in [5.74, 6) is 0. The van der Waals surface area contributed by atoms with Gasteiger partial charge in [0, 0.05) is 22.8 Å². The molecule has 0 aliphatic heterocycles. The number of aliphatic hydroxyl groups is 1. The van der Waals surface area contributed by atoms with Crippen LogP contribution < -0.4 is 0 Å². The Morgan fingerprint density at radius 2 is 2.00 bits per heavy atom. The van der Waals surface area contributed by atoms with E-state index >= 15 is 0 Å². The number of hydrogen-bond acceptors (Lipinski definition) is 3. The Morgan fingerprint density at radius 3 is 2.56 bits per heavy atom. The highest BCUT2D eigenvalue weighted by Crippen LogP contribution is 2.35. The van der Waals surface area contributed by atoms with Crippen LogP contribution in [-0.2, 0) is 5.60 Å². The first kappa shape index (κ1) is 11.3. The van der Waals surface area contributed by atoms with Gasteiger partial charge in [0.25, 0.3) is 0 Å². The van der Waals surface area contributed by atoms with Gasteiger partial charge >= 0.3 is 0 Å². The fourth-order valence-electron chi connectivity index (χ4n) is 1.97. The Morgan fingerprint density at radius 1 is 1.25 bits per heavy atom. The maximum Gasteiger partial charge on any atom is 0.123 e. The van der Waals surface area contributed by atoms with Crippen LogP contribution in [0.3, 0.4) is 0 Å². The van der Waals surface area contributed by atoms with Crippen molar-refractivity contribution in [2.45, 2.75) is 26.4 Å². The third-order valence-electron chi connectivity index (χ3n) is 2.87. The average Bonchev–Trinajstić information content (AvgIpc) is 2.65. The van der Waals surface area contributed by atoms with E-state index < -0.39 is 5.60 Å². The van der Waals surface area contributed by atoms with Crippen LogP contribution in [0, 0.1) is 13.8 Å². The molecule has 2 aromatic heterocycles. The predicted octanol–water partition coefficient (Wildman–Crippen LogP) is 3.02. The lowest BCUT2D eigenvalue weighted by atomic mass is 9.91. The Balaban J connectivity index is 2.55. The van der Waals surface area contributed by atoms with E-state index in [2.05, 4.69) is 4.98 Å². The van der Waals surface area contributed by atoms with Crippen LogP contribution in [-0.4, -0.2) is 10.1 Å². The molecular formula is C13H15NOS. The number of thiophene rings is 1. The molecule has 0 saturated carbocycles. The van der Waals surface area contributed by atoms with Crippen LogP contribution in [0.2, 0.25) is 0 Å². The van der Waals surface area contributed by atoms with Crippen LogP contribution in [0.4, 0.5) is 0 Å². The van der Waals surface area contributed by atoms with Crippen LogP contribution in [0.15, 0.2) is 29.9 Å². The molecule has 1 unspecified atom stereocenters. The minimum atomic E-state index is -0.948. The standard InChI is InChI=1S/C13H15NOS/c1-9-4-6-14-8-11(9)13(3,15)12-10(2)5-7-16-12/h4-8,15H,1-3H3. The van der Waals surface area contributed by atoms with Crippen molar-refractivity contribution >= 4 is 11.3 Å². The SMILES string of the molecule is Cc1ccncc1C(C)(O)c1sccc1C. The highest BCUT2D eigenvalue weighted by molar-refractivity contribution is 7.10. The second kappa shape index (κ2) is 4.00. The van der Waals surface area contributed by atoms with Crippen molar-refractivity contribution in [2.24, 2.45) is 0 Å². The van der Waals surface area contributed by atoms with Gasteiger partial charge in [-0.3, -0.25) is 4.98 Å². The van der Waals surface area contributed by atoms with E-state index in [0.717, 1.165) is 21.6 Å². The number of pyridine rings is 1. The van der Waals surface area contributed by atoms with Gasteiger partial charge in [0.1, 0.15) is 5.60 Å². The third kappa shape index (κ3) is 1.77. The molecule has 1 atom stereocenters. The summed E-state index contributed by atoms with van der Waals surface area (Å²) in [7, 11) is 0. The molecule has 84 valence electrons. The molecule has 0 aromatic carbocycles. The summed E-state index contributed by atoms with van der Waals surface area (Å²) in [4.78, 5) is 5.09. The molecule has 3 heteroatoms. The summed E-state index contributed by atoms with van der Waals surface area (Å²) in [5.41, 5.74) is 2.11. The van der Waals surface area contributed by atoms with Gasteiger partial charge in [-0.05, 0) is 49.4 Å². The summed E-state index contributed by atoms with van der Waals surface area (Å²) >= 11 is 1.58. The van der Waals surface area contributed by atoms with Crippen molar-refractivity contribution in [3.8, 4) is 0 Å². The largest absolute Gasteiger partial charge is 0.380 e. The molecule has 0 bridgehead atoms. The van der Waals surface area contributed by atoms with Gasteiger partial charge in [-0.2, -0.15) is 0 Å². The number of nitrogens with zero attached hydrogens (tertiary/aromatic N) is 1. The molecule has 1 N–H and O–H groups in total. The maximum absolute atomic E-state index is 10.7. The zero-order valence-electron chi connectivity index (χ0n) is 9.69. The van der Waals surface area contributed by atoms with Crippen LogP contribution in [0.25, 0.3) is 0 Å². The monoisotopic (exact) mass is 233 g/mol. The molecule has 16 heavy (non-hydrogen) atoms. The Labute approximate surface area is 99.6 Å². The fraction of sp³-hybridized carbons (Fsp3) is 0.308. The summed E-state index contributed by atoms with van der Waals surface area (Å²) in [6.07, 6.45) is 3.49. The Hall–Kier alpha value is -1.19. The topological polar surface area (TPSA) is 33.1 Å². The lowest BCUT2D eigenvalue weighted by Crippen LogP contribution is -2.23. The van der Waals surface area contributed by atoms with Crippen molar-refractivity contribution in [2.75, 3.05) is 0 Å². The smallest absolute Gasteiger partial charge is 0.123 e. The lowest BCUT2D eigenvalue weighted by Gasteiger charge is -2.25. The summed E-state index contributed by atoms with van der Waals surface area (Å²) < 4.78 is 0. The predicted molar refractivity (Wildman–Crippen MR) is 66.7 cm³/mol. The van der Waals surface area contributed by atoms with Gasteiger partial charge in [0.2, 0.25) is 0 Å². The van der Waals surface area contributed by atoms with Crippen LogP contribution in [0.5, 0.6) is 0 Å². The Bertz CT molecular complexity index is 502. The van der Waals surface area contributed by atoms with Crippen LogP contribution >= 0.6 is 11.3 Å². The molecule has 0 fully saturated rings. The van der Waals surface area contributed by atoms with E-state index in [1.807, 2.05) is 38.3 Å². The first-order valence-electron chi connectivity index (χ1n) is 5.21. The Kier molecular flexibility index (Phi) is 2.82. The van der Waals surface area contributed by atoms with Crippen molar-refractivity contribution < 1.29 is 5.11 Å². The van der Waals surface area contributed by atoms with Crippen molar-refractivity contribution in [1.82, 2.24) is 4.98 Å². The number of hydrogen-bond donors (Lipinski definition) is 1. The molecular weight excluding hydrogens is 218 g/mol. The minimum absolute atomic E-state index is 0.876. The summed E-state index contributed by atoms with van der Waals surface area (Å²) in [6.45, 7) is 5.84. The van der Waals surface area contributed by atoms with Gasteiger partial charge < -0.3 is 5.11 Å². The lowest BCUT2D eigenvalue weighted by molar-refractivity contribution is 0.104. The number of aryl methyl sites for hydroxylation is 2. The van der Waals surface area contributed by atoms with E-state index in [9.17, 15) is 5.11 Å². The van der Waals surface area contributed by atoms with Gasteiger partial charge in [0.15, 0.2) is 0 Å². The molecule has 0 amide bonds. The van der Waals surface area contributed by atoms with Gasteiger partial charge in [-0.1, -0.05) is 0 Å². The van der Waals surface area contributed by atoms with E-state index in [4.69, 9.17) is 0 Å². The highest BCUT2D eigenvalue weighted by Gasteiger charge is 2.30. The van der Waals surface area contributed by atoms with Crippen molar-refractivity contribution in [3.63, 3.8) is 0 Å². The van der Waals surface area contributed by atoms with E-state index in [1.54, 1.807) is 23.7 Å². The fourth-order valence-corrected chi connectivity index (χ4v) is 2.97. The zero-order valence-corrected chi connectivity index (χ0v) is 10.5. The van der Waals surface area contributed by atoms with Crippen molar-refractivity contribution in [1.29, 1.82) is 0 Å². The first-order chi connectivity index (χ1) is 7.53. The molecule has 0 spiro atoms. The van der Waals surface area contributed by atoms with Crippen molar-refractivity contribution in [3.05, 3.63) is 51.5 Å². The highest BCUT2D eigenvalue weighted by atomic mass is 32.1. The van der Waals surface area contributed by atoms with E-state index in [1.165, 1.54) is 0 Å². The van der Waals surface area contributed by atoms with Crippen LogP contribution in [0.1, 0.15) is 28.5 Å². The second-order valence-electron chi connectivity index (χ2n) is 4.20. The first-order valence-corrected chi connectivity index (χ1v) is 6.09. The third-order valence-corrected chi connectivity index (χ3v) is 4.10. The second-order valence-corrected chi connectivity index (χ2v) is 5.11. The average molecular weight is 233 g/mol. The molecule has 0 radical (unpaired) electrons. The molecule has 0 aliphatic carbocycles. The quantitative estimate of drug-likeness (QED) is 0.865. The van der Waals surface area contributed by atoms with E-state index in [0.29, 0.717) is 0 Å². The molecule has 0 aliphatic rings. The minimum Gasteiger partial charge on any atom is -0.380 e. The van der Waals surface area contributed by atoms with Gasteiger partial charge in [0.05, 0.1) is 0 Å². The van der Waals surface area contributed by atoms with E-state index in [-0.39, 0.29) is 0 Å². The van der Waals surface area contributed by atoms with Gasteiger partial charge in [-0.15, -0.1) is 11.3 Å². The normalized spacial score (nSPS) is 14.8. The molecule has 2 nitrogen and oxygen atoms in total.